The van der Waals surface area contributed by atoms with Crippen LogP contribution in [0.2, 0.25) is 0 Å². The Morgan fingerprint density at radius 1 is 1.14 bits per heavy atom. The van der Waals surface area contributed by atoms with Gasteiger partial charge in [-0.1, -0.05) is 18.2 Å². The van der Waals surface area contributed by atoms with E-state index in [1.54, 1.807) is 24.9 Å². The number of rotatable bonds is 5. The monoisotopic (exact) mass is 386 g/mol. The number of hydrogen-bond donors (Lipinski definition) is 1. The highest BCUT2D eigenvalue weighted by atomic mass is 16.1. The van der Waals surface area contributed by atoms with Gasteiger partial charge in [-0.15, -0.1) is 0 Å². The lowest BCUT2D eigenvalue weighted by Crippen LogP contribution is -2.24. The molecular formula is C22H22N6O. The number of aromatic nitrogens is 5. The van der Waals surface area contributed by atoms with Crippen LogP contribution in [0.25, 0.3) is 11.5 Å². The molecule has 7 nitrogen and oxygen atoms in total. The number of nitrogens with one attached hydrogen (secondary N) is 1. The molecule has 0 aliphatic carbocycles. The fraction of sp³-hybridized carbons (Fsp3) is 0.182. The first-order valence-electron chi connectivity index (χ1n) is 9.37. The van der Waals surface area contributed by atoms with Crippen molar-refractivity contribution in [3.8, 4) is 11.5 Å². The predicted octanol–water partition coefficient (Wildman–Crippen LogP) is 3.31. The second-order valence-electron chi connectivity index (χ2n) is 6.98. The maximum atomic E-state index is 12.8. The SMILES string of the molecule is Cc1ccc(C)c(-n2ncc(C(=O)NCc3cccnc3-n3ccnc3)c2C)c1. The standard InChI is InChI=1S/C22H22N6O/c1-15-6-7-16(2)20(11-15)28-17(3)19(13-26-28)22(29)25-12-18-5-4-8-24-21(18)27-10-9-23-14-27/h4-11,13-14H,12H2,1-3H3,(H,25,29). The molecule has 146 valence electrons. The Labute approximate surface area is 169 Å². The van der Waals surface area contributed by atoms with Gasteiger partial charge in [-0.05, 0) is 44.0 Å². The second kappa shape index (κ2) is 7.71. The van der Waals surface area contributed by atoms with Crippen molar-refractivity contribution in [2.24, 2.45) is 0 Å². The largest absolute Gasteiger partial charge is 0.348 e. The Bertz CT molecular complexity index is 1160. The fourth-order valence-corrected chi connectivity index (χ4v) is 3.28. The maximum Gasteiger partial charge on any atom is 0.255 e. The third kappa shape index (κ3) is 3.67. The molecule has 0 fully saturated rings. The van der Waals surface area contributed by atoms with E-state index in [2.05, 4.69) is 38.6 Å². The molecule has 3 aromatic heterocycles. The molecule has 7 heteroatoms. The van der Waals surface area contributed by atoms with E-state index in [1.807, 2.05) is 48.3 Å². The van der Waals surface area contributed by atoms with Crippen molar-refractivity contribution in [2.45, 2.75) is 27.3 Å². The van der Waals surface area contributed by atoms with Gasteiger partial charge in [-0.25, -0.2) is 14.6 Å². The molecular weight excluding hydrogens is 364 g/mol. The van der Waals surface area contributed by atoms with Gasteiger partial charge in [-0.3, -0.25) is 9.36 Å². The molecule has 0 saturated carbocycles. The molecule has 3 heterocycles. The second-order valence-corrected chi connectivity index (χ2v) is 6.98. The molecule has 0 bridgehead atoms. The van der Waals surface area contributed by atoms with Crippen molar-refractivity contribution in [1.82, 2.24) is 29.6 Å². The summed E-state index contributed by atoms with van der Waals surface area (Å²) in [5.41, 5.74) is 5.50. The van der Waals surface area contributed by atoms with E-state index in [0.717, 1.165) is 33.9 Å². The van der Waals surface area contributed by atoms with Crippen molar-refractivity contribution >= 4 is 5.91 Å². The van der Waals surface area contributed by atoms with Crippen LogP contribution in [0.5, 0.6) is 0 Å². The topological polar surface area (TPSA) is 77.6 Å². The van der Waals surface area contributed by atoms with Gasteiger partial charge >= 0.3 is 0 Å². The van der Waals surface area contributed by atoms with Crippen LogP contribution >= 0.6 is 0 Å². The summed E-state index contributed by atoms with van der Waals surface area (Å²) in [5, 5.41) is 7.44. The molecule has 0 aliphatic heterocycles. The molecule has 0 saturated heterocycles. The van der Waals surface area contributed by atoms with E-state index in [1.165, 1.54) is 0 Å². The highest BCUT2D eigenvalue weighted by Crippen LogP contribution is 2.19. The van der Waals surface area contributed by atoms with E-state index < -0.39 is 0 Å². The average molecular weight is 386 g/mol. The predicted molar refractivity (Wildman–Crippen MR) is 110 cm³/mol. The Morgan fingerprint density at radius 2 is 2.00 bits per heavy atom. The number of carbonyl (C=O) groups is 1. The first-order valence-corrected chi connectivity index (χ1v) is 9.37. The summed E-state index contributed by atoms with van der Waals surface area (Å²) in [5.74, 6) is 0.576. The number of hydrogen-bond acceptors (Lipinski definition) is 4. The minimum Gasteiger partial charge on any atom is -0.348 e. The van der Waals surface area contributed by atoms with Gasteiger partial charge in [0.1, 0.15) is 12.1 Å². The maximum absolute atomic E-state index is 12.8. The van der Waals surface area contributed by atoms with Gasteiger partial charge in [0.05, 0.1) is 23.1 Å². The summed E-state index contributed by atoms with van der Waals surface area (Å²) in [6, 6.07) is 9.99. The van der Waals surface area contributed by atoms with Crippen molar-refractivity contribution in [3.63, 3.8) is 0 Å². The Hall–Kier alpha value is -3.74. The third-order valence-electron chi connectivity index (χ3n) is 4.90. The van der Waals surface area contributed by atoms with Crippen LogP contribution in [-0.4, -0.2) is 30.2 Å². The van der Waals surface area contributed by atoms with Gasteiger partial charge in [0.2, 0.25) is 0 Å². The van der Waals surface area contributed by atoms with Gasteiger partial charge in [0.25, 0.3) is 5.91 Å². The Morgan fingerprint density at radius 3 is 2.79 bits per heavy atom. The van der Waals surface area contributed by atoms with Crippen molar-refractivity contribution in [3.05, 3.63) is 89.4 Å². The molecule has 1 aromatic carbocycles. The Balaban J connectivity index is 1.55. The van der Waals surface area contributed by atoms with Gasteiger partial charge in [-0.2, -0.15) is 5.10 Å². The summed E-state index contributed by atoms with van der Waals surface area (Å²) >= 11 is 0. The number of nitrogens with zero attached hydrogens (tertiary/aromatic N) is 5. The summed E-state index contributed by atoms with van der Waals surface area (Å²) < 4.78 is 3.64. The molecule has 0 aliphatic rings. The zero-order chi connectivity index (χ0) is 20.4. The van der Waals surface area contributed by atoms with Crippen LogP contribution in [0.1, 0.15) is 32.7 Å². The lowest BCUT2D eigenvalue weighted by atomic mass is 10.1. The fourth-order valence-electron chi connectivity index (χ4n) is 3.28. The molecule has 1 N–H and O–H groups in total. The summed E-state index contributed by atoms with van der Waals surface area (Å²) in [6.07, 6.45) is 8.55. The molecule has 0 radical (unpaired) electrons. The minimum atomic E-state index is -0.167. The normalized spacial score (nSPS) is 10.9. The van der Waals surface area contributed by atoms with Gasteiger partial charge < -0.3 is 5.32 Å². The van der Waals surface area contributed by atoms with Crippen LogP contribution in [0.15, 0.2) is 61.4 Å². The lowest BCUT2D eigenvalue weighted by molar-refractivity contribution is 0.0950. The number of amides is 1. The number of carbonyl (C=O) groups excluding carboxylic acids is 1. The average Bonchev–Trinajstić information content (AvgIpc) is 3.38. The van der Waals surface area contributed by atoms with E-state index in [0.29, 0.717) is 12.1 Å². The Kier molecular flexibility index (Phi) is 4.95. The molecule has 0 unspecified atom stereocenters. The smallest absolute Gasteiger partial charge is 0.255 e. The van der Waals surface area contributed by atoms with Crippen LogP contribution < -0.4 is 5.32 Å². The van der Waals surface area contributed by atoms with Crippen LogP contribution in [0, 0.1) is 20.8 Å². The summed E-state index contributed by atoms with van der Waals surface area (Å²) in [7, 11) is 0. The van der Waals surface area contributed by atoms with E-state index in [-0.39, 0.29) is 5.91 Å². The van der Waals surface area contributed by atoms with Crippen molar-refractivity contribution < 1.29 is 4.79 Å². The number of benzene rings is 1. The highest BCUT2D eigenvalue weighted by molar-refractivity contribution is 5.95. The minimum absolute atomic E-state index is 0.167. The summed E-state index contributed by atoms with van der Waals surface area (Å²) in [4.78, 5) is 21.3. The molecule has 0 spiro atoms. The van der Waals surface area contributed by atoms with Crippen LogP contribution in [-0.2, 0) is 6.54 Å². The number of imidazole rings is 1. The molecule has 1 amide bonds. The lowest BCUT2D eigenvalue weighted by Gasteiger charge is -2.11. The molecule has 4 aromatic rings. The first-order chi connectivity index (χ1) is 14.0. The number of pyridine rings is 1. The molecule has 0 atom stereocenters. The van der Waals surface area contributed by atoms with Gasteiger partial charge in [0.15, 0.2) is 0 Å². The summed E-state index contributed by atoms with van der Waals surface area (Å²) in [6.45, 7) is 6.34. The molecule has 29 heavy (non-hydrogen) atoms. The van der Waals surface area contributed by atoms with Crippen LogP contribution in [0.4, 0.5) is 0 Å². The first kappa shape index (κ1) is 18.6. The van der Waals surface area contributed by atoms with Crippen LogP contribution in [0.3, 0.4) is 0 Å². The van der Waals surface area contributed by atoms with Crippen molar-refractivity contribution in [2.75, 3.05) is 0 Å². The van der Waals surface area contributed by atoms with E-state index in [4.69, 9.17) is 0 Å². The van der Waals surface area contributed by atoms with E-state index in [9.17, 15) is 4.79 Å². The quantitative estimate of drug-likeness (QED) is 0.571. The third-order valence-corrected chi connectivity index (χ3v) is 4.90. The van der Waals surface area contributed by atoms with E-state index >= 15 is 0 Å². The van der Waals surface area contributed by atoms with Gasteiger partial charge in [0, 0.05) is 30.7 Å². The number of aryl methyl sites for hydroxylation is 2. The zero-order valence-electron chi connectivity index (χ0n) is 16.6. The van der Waals surface area contributed by atoms with Crippen molar-refractivity contribution in [1.29, 1.82) is 0 Å². The zero-order valence-corrected chi connectivity index (χ0v) is 16.6. The molecule has 4 rings (SSSR count). The highest BCUT2D eigenvalue weighted by Gasteiger charge is 2.17.